The summed E-state index contributed by atoms with van der Waals surface area (Å²) in [4.78, 5) is 3.78. The van der Waals surface area contributed by atoms with Crippen molar-refractivity contribution in [3.05, 3.63) is 73.1 Å². The van der Waals surface area contributed by atoms with Gasteiger partial charge in [-0.05, 0) is 30.2 Å². The van der Waals surface area contributed by atoms with Gasteiger partial charge in [0.25, 0.3) is 0 Å². The second kappa shape index (κ2) is 7.23. The monoisotopic (exact) mass is 213 g/mol. The van der Waals surface area contributed by atoms with Gasteiger partial charge in [-0.1, -0.05) is 30.3 Å². The number of para-hydroxylation sites is 1. The molecule has 2 rings (SSSR count). The fraction of sp³-hybridized carbons (Fsp3) is 0.0714. The van der Waals surface area contributed by atoms with Crippen LogP contribution in [0.25, 0.3) is 0 Å². The molecule has 0 saturated heterocycles. The van der Waals surface area contributed by atoms with E-state index in [0.29, 0.717) is 5.75 Å². The Morgan fingerprint density at radius 2 is 1.75 bits per heavy atom. The lowest BCUT2D eigenvalue weighted by Crippen LogP contribution is -1.79. The number of pyridine rings is 1. The lowest BCUT2D eigenvalue weighted by atomic mass is 10.1. The van der Waals surface area contributed by atoms with E-state index < -0.39 is 0 Å². The Balaban J connectivity index is 0.000000181. The predicted molar refractivity (Wildman–Crippen MR) is 66.2 cm³/mol. The van der Waals surface area contributed by atoms with Crippen molar-refractivity contribution in [1.29, 1.82) is 0 Å². The van der Waals surface area contributed by atoms with Crippen molar-refractivity contribution in [2.45, 2.75) is 6.42 Å². The zero-order valence-electron chi connectivity index (χ0n) is 9.08. The fourth-order valence-electron chi connectivity index (χ4n) is 1.15. The van der Waals surface area contributed by atoms with Crippen LogP contribution in [-0.2, 0) is 6.42 Å². The minimum Gasteiger partial charge on any atom is -0.508 e. The molecule has 0 amide bonds. The summed E-state index contributed by atoms with van der Waals surface area (Å²) in [6.07, 6.45) is 6.00. The molecule has 0 unspecified atom stereocenters. The summed E-state index contributed by atoms with van der Waals surface area (Å²) >= 11 is 0. The van der Waals surface area contributed by atoms with Gasteiger partial charge in [0.15, 0.2) is 0 Å². The average Bonchev–Trinajstić information content (AvgIpc) is 2.35. The number of allylic oxidation sites excluding steroid dienone is 1. The van der Waals surface area contributed by atoms with Gasteiger partial charge in [-0.3, -0.25) is 4.98 Å². The summed E-state index contributed by atoms with van der Waals surface area (Å²) in [6.45, 7) is 3.59. The quantitative estimate of drug-likeness (QED) is 0.777. The zero-order chi connectivity index (χ0) is 11.6. The summed E-state index contributed by atoms with van der Waals surface area (Å²) in [5.41, 5.74) is 0.928. The van der Waals surface area contributed by atoms with Crippen molar-refractivity contribution in [3.63, 3.8) is 0 Å². The number of phenolic OH excluding ortho intramolecular Hbond substituents is 1. The molecule has 0 radical (unpaired) electrons. The van der Waals surface area contributed by atoms with Crippen molar-refractivity contribution in [2.24, 2.45) is 0 Å². The van der Waals surface area contributed by atoms with Gasteiger partial charge < -0.3 is 5.11 Å². The Labute approximate surface area is 95.9 Å². The highest BCUT2D eigenvalue weighted by Gasteiger charge is 1.93. The molecule has 16 heavy (non-hydrogen) atoms. The molecule has 0 atom stereocenters. The van der Waals surface area contributed by atoms with Gasteiger partial charge in [-0.25, -0.2) is 0 Å². The molecule has 0 aliphatic heterocycles. The van der Waals surface area contributed by atoms with Crippen LogP contribution in [0.2, 0.25) is 0 Å². The van der Waals surface area contributed by atoms with Crippen molar-refractivity contribution in [2.75, 3.05) is 0 Å². The first kappa shape index (κ1) is 12.0. The Hall–Kier alpha value is -2.09. The van der Waals surface area contributed by atoms with Gasteiger partial charge in [-0.2, -0.15) is 0 Å². The second-order valence-corrected chi connectivity index (χ2v) is 3.15. The van der Waals surface area contributed by atoms with Crippen molar-refractivity contribution >= 4 is 0 Å². The van der Waals surface area contributed by atoms with E-state index in [0.717, 1.165) is 12.0 Å². The average molecular weight is 213 g/mol. The Kier molecular flexibility index (Phi) is 5.42. The third-order valence-corrected chi connectivity index (χ3v) is 1.92. The van der Waals surface area contributed by atoms with Crippen LogP contribution in [0.4, 0.5) is 0 Å². The van der Waals surface area contributed by atoms with E-state index in [2.05, 4.69) is 11.6 Å². The Morgan fingerprint density at radius 3 is 2.19 bits per heavy atom. The van der Waals surface area contributed by atoms with Gasteiger partial charge in [0.05, 0.1) is 0 Å². The van der Waals surface area contributed by atoms with Crippen LogP contribution >= 0.6 is 0 Å². The maximum Gasteiger partial charge on any atom is 0.119 e. The highest BCUT2D eigenvalue weighted by molar-refractivity contribution is 5.32. The number of hydrogen-bond donors (Lipinski definition) is 1. The minimum atomic E-state index is 0.349. The predicted octanol–water partition coefficient (Wildman–Crippen LogP) is 3.20. The van der Waals surface area contributed by atoms with Gasteiger partial charge >= 0.3 is 0 Å². The molecular weight excluding hydrogens is 198 g/mol. The number of aromatic nitrogens is 1. The summed E-state index contributed by atoms with van der Waals surface area (Å²) in [6, 6.07) is 13.0. The van der Waals surface area contributed by atoms with Crippen LogP contribution < -0.4 is 0 Å². The third kappa shape index (κ3) is 4.42. The number of rotatable bonds is 2. The maximum atomic E-state index is 9.19. The summed E-state index contributed by atoms with van der Waals surface area (Å²) in [5.74, 6) is 0.349. The molecule has 1 aromatic carbocycles. The molecule has 0 aliphatic carbocycles. The SMILES string of the molecule is C=CCc1ccccc1O.c1ccncc1. The van der Waals surface area contributed by atoms with E-state index in [-0.39, 0.29) is 0 Å². The maximum absolute atomic E-state index is 9.19. The molecule has 2 nitrogen and oxygen atoms in total. The molecule has 1 N–H and O–H groups in total. The molecular formula is C14H15NO. The summed E-state index contributed by atoms with van der Waals surface area (Å²) in [5, 5.41) is 9.19. The third-order valence-electron chi connectivity index (χ3n) is 1.92. The first-order chi connectivity index (χ1) is 7.84. The van der Waals surface area contributed by atoms with Crippen LogP contribution in [0.1, 0.15) is 5.56 Å². The minimum absolute atomic E-state index is 0.349. The van der Waals surface area contributed by atoms with Gasteiger partial charge in [0, 0.05) is 12.4 Å². The highest BCUT2D eigenvalue weighted by Crippen LogP contribution is 2.15. The van der Waals surface area contributed by atoms with Gasteiger partial charge in [0.1, 0.15) is 5.75 Å². The normalized spacial score (nSPS) is 8.75. The standard InChI is InChI=1S/C9H10O.C5H5N/c1-2-5-8-6-3-4-7-9(8)10;1-2-4-6-5-3-1/h2-4,6-7,10H,1,5H2;1-5H. The Bertz CT molecular complexity index is 385. The van der Waals surface area contributed by atoms with Crippen molar-refractivity contribution in [3.8, 4) is 5.75 Å². The van der Waals surface area contributed by atoms with Gasteiger partial charge in [0.2, 0.25) is 0 Å². The molecule has 0 bridgehead atoms. The van der Waals surface area contributed by atoms with E-state index in [4.69, 9.17) is 0 Å². The van der Waals surface area contributed by atoms with Crippen molar-refractivity contribution in [1.82, 2.24) is 4.98 Å². The molecule has 1 heterocycles. The number of aromatic hydroxyl groups is 1. The number of benzene rings is 1. The summed E-state index contributed by atoms with van der Waals surface area (Å²) in [7, 11) is 0. The van der Waals surface area contributed by atoms with Crippen LogP contribution in [0.15, 0.2) is 67.5 Å². The molecule has 0 aliphatic rings. The molecule has 0 fully saturated rings. The van der Waals surface area contributed by atoms with Crippen LogP contribution in [0.5, 0.6) is 5.75 Å². The van der Waals surface area contributed by atoms with E-state index in [1.54, 1.807) is 24.5 Å². The largest absolute Gasteiger partial charge is 0.508 e. The molecule has 2 aromatic rings. The number of phenols is 1. The first-order valence-electron chi connectivity index (χ1n) is 5.07. The molecule has 2 heteroatoms. The second-order valence-electron chi connectivity index (χ2n) is 3.15. The number of hydrogen-bond acceptors (Lipinski definition) is 2. The smallest absolute Gasteiger partial charge is 0.119 e. The molecule has 1 aromatic heterocycles. The highest BCUT2D eigenvalue weighted by atomic mass is 16.3. The van der Waals surface area contributed by atoms with E-state index in [1.165, 1.54) is 0 Å². The van der Waals surface area contributed by atoms with Gasteiger partial charge in [-0.15, -0.1) is 6.58 Å². The molecule has 82 valence electrons. The molecule has 0 saturated carbocycles. The topological polar surface area (TPSA) is 33.1 Å². The zero-order valence-corrected chi connectivity index (χ0v) is 9.08. The Morgan fingerprint density at radius 1 is 1.06 bits per heavy atom. The summed E-state index contributed by atoms with van der Waals surface area (Å²) < 4.78 is 0. The van der Waals surface area contributed by atoms with Crippen LogP contribution in [0, 0.1) is 0 Å². The number of nitrogens with zero attached hydrogens (tertiary/aromatic N) is 1. The fourth-order valence-corrected chi connectivity index (χ4v) is 1.15. The van der Waals surface area contributed by atoms with E-state index in [1.807, 2.05) is 36.4 Å². The van der Waals surface area contributed by atoms with E-state index >= 15 is 0 Å². The first-order valence-corrected chi connectivity index (χ1v) is 5.07. The van der Waals surface area contributed by atoms with Crippen molar-refractivity contribution < 1.29 is 5.11 Å². The van der Waals surface area contributed by atoms with E-state index in [9.17, 15) is 5.11 Å². The lowest BCUT2D eigenvalue weighted by Gasteiger charge is -1.97. The molecule has 0 spiro atoms. The van der Waals surface area contributed by atoms with Crippen LogP contribution in [-0.4, -0.2) is 10.1 Å². The lowest BCUT2D eigenvalue weighted by molar-refractivity contribution is 0.470. The van der Waals surface area contributed by atoms with Crippen LogP contribution in [0.3, 0.4) is 0 Å².